The van der Waals surface area contributed by atoms with Crippen LogP contribution in [0.25, 0.3) is 0 Å². The molecule has 0 aromatic heterocycles. The second kappa shape index (κ2) is 7.07. The Morgan fingerprint density at radius 2 is 2.12 bits per heavy atom. The highest BCUT2D eigenvalue weighted by molar-refractivity contribution is 5.52. The molecule has 0 bridgehead atoms. The number of anilines is 1. The lowest BCUT2D eigenvalue weighted by Crippen LogP contribution is -2.32. The van der Waals surface area contributed by atoms with Crippen LogP contribution in [0.15, 0.2) is 36.9 Å². The zero-order valence-corrected chi connectivity index (χ0v) is 10.4. The molecule has 1 rings (SSSR count). The highest BCUT2D eigenvalue weighted by atomic mass is 15.1. The maximum atomic E-state index is 3.69. The van der Waals surface area contributed by atoms with Gasteiger partial charge in [0.2, 0.25) is 0 Å². The second-order valence-electron chi connectivity index (χ2n) is 3.86. The molecule has 0 radical (unpaired) electrons. The molecule has 0 heterocycles. The van der Waals surface area contributed by atoms with E-state index in [1.165, 1.54) is 11.3 Å². The van der Waals surface area contributed by atoms with Crippen LogP contribution < -0.4 is 10.2 Å². The number of hydrogen-bond acceptors (Lipinski definition) is 2. The minimum atomic E-state index is 0.880. The number of likely N-dealkylation sites (N-methyl/N-ethyl adjacent to an activating group) is 1. The van der Waals surface area contributed by atoms with Gasteiger partial charge in [-0.15, -0.1) is 6.58 Å². The molecule has 0 unspecified atom stereocenters. The molecular weight excluding hydrogens is 196 g/mol. The van der Waals surface area contributed by atoms with Gasteiger partial charge in [-0.3, -0.25) is 0 Å². The van der Waals surface area contributed by atoms with E-state index in [1.54, 1.807) is 0 Å². The van der Waals surface area contributed by atoms with E-state index in [-0.39, 0.29) is 0 Å². The van der Waals surface area contributed by atoms with Crippen LogP contribution in [-0.4, -0.2) is 26.2 Å². The fraction of sp³-hybridized carbons (Fsp3) is 0.429. The molecule has 0 fully saturated rings. The number of nitrogens with one attached hydrogen (secondary N) is 1. The van der Waals surface area contributed by atoms with Crippen molar-refractivity contribution in [3.8, 4) is 0 Å². The predicted octanol–water partition coefficient (Wildman–Crippen LogP) is 2.60. The molecular formula is C14H22N2. The Bertz CT molecular complexity index is 320. The number of para-hydroxylation sites is 1. The first-order chi connectivity index (χ1) is 7.79. The lowest BCUT2D eigenvalue weighted by atomic mass is 10.2. The van der Waals surface area contributed by atoms with Crippen molar-refractivity contribution in [1.29, 1.82) is 0 Å². The minimum Gasteiger partial charge on any atom is -0.370 e. The summed E-state index contributed by atoms with van der Waals surface area (Å²) >= 11 is 0. The zero-order chi connectivity index (χ0) is 11.8. The molecule has 1 N–H and O–H groups in total. The van der Waals surface area contributed by atoms with E-state index in [0.717, 1.165) is 26.2 Å². The van der Waals surface area contributed by atoms with Gasteiger partial charge in [0, 0.05) is 31.9 Å². The quantitative estimate of drug-likeness (QED) is 0.559. The molecule has 0 aliphatic carbocycles. The van der Waals surface area contributed by atoms with Crippen molar-refractivity contribution >= 4 is 5.69 Å². The molecule has 0 aliphatic rings. The number of nitrogens with zero attached hydrogens (tertiary/aromatic N) is 1. The summed E-state index contributed by atoms with van der Waals surface area (Å²) in [4.78, 5) is 2.39. The van der Waals surface area contributed by atoms with Crippen molar-refractivity contribution < 1.29 is 0 Å². The number of aryl methyl sites for hydroxylation is 1. The molecule has 0 saturated carbocycles. The van der Waals surface area contributed by atoms with Gasteiger partial charge in [-0.05, 0) is 25.5 Å². The van der Waals surface area contributed by atoms with Crippen molar-refractivity contribution in [2.75, 3.05) is 31.1 Å². The molecule has 2 nitrogen and oxygen atoms in total. The average Bonchev–Trinajstić information content (AvgIpc) is 2.31. The molecule has 0 atom stereocenters. The van der Waals surface area contributed by atoms with Crippen molar-refractivity contribution in [3.63, 3.8) is 0 Å². The van der Waals surface area contributed by atoms with Crippen LogP contribution in [0.1, 0.15) is 12.5 Å². The second-order valence-corrected chi connectivity index (χ2v) is 3.86. The topological polar surface area (TPSA) is 15.3 Å². The van der Waals surface area contributed by atoms with Crippen molar-refractivity contribution in [2.45, 2.75) is 13.8 Å². The molecule has 16 heavy (non-hydrogen) atoms. The molecule has 0 aliphatic heterocycles. The smallest absolute Gasteiger partial charge is 0.0396 e. The third-order valence-electron chi connectivity index (χ3n) is 2.69. The van der Waals surface area contributed by atoms with Crippen LogP contribution in [0.5, 0.6) is 0 Å². The van der Waals surface area contributed by atoms with Gasteiger partial charge in [-0.1, -0.05) is 24.3 Å². The van der Waals surface area contributed by atoms with Gasteiger partial charge in [0.05, 0.1) is 0 Å². The lowest BCUT2D eigenvalue weighted by molar-refractivity contribution is 0.707. The summed E-state index contributed by atoms with van der Waals surface area (Å²) < 4.78 is 0. The molecule has 0 amide bonds. The predicted molar refractivity (Wildman–Crippen MR) is 72.1 cm³/mol. The lowest BCUT2D eigenvalue weighted by Gasteiger charge is -2.25. The van der Waals surface area contributed by atoms with E-state index in [0.29, 0.717) is 0 Å². The van der Waals surface area contributed by atoms with Crippen LogP contribution in [0, 0.1) is 6.92 Å². The third-order valence-corrected chi connectivity index (χ3v) is 2.69. The molecule has 88 valence electrons. The average molecular weight is 218 g/mol. The van der Waals surface area contributed by atoms with Crippen LogP contribution in [0.3, 0.4) is 0 Å². The van der Waals surface area contributed by atoms with E-state index >= 15 is 0 Å². The minimum absolute atomic E-state index is 0.880. The monoisotopic (exact) mass is 218 g/mol. The number of hydrogen-bond donors (Lipinski definition) is 1. The standard InChI is InChI=1S/C14H22N2/c1-4-10-15-11-12-16(5-2)14-9-7-6-8-13(14)3/h4,6-9,15H,1,5,10-12H2,2-3H3. The van der Waals surface area contributed by atoms with Gasteiger partial charge >= 0.3 is 0 Å². The summed E-state index contributed by atoms with van der Waals surface area (Å²) in [6.07, 6.45) is 1.89. The molecule has 1 aromatic rings. The molecule has 1 aromatic carbocycles. The zero-order valence-electron chi connectivity index (χ0n) is 10.4. The van der Waals surface area contributed by atoms with Crippen LogP contribution in [0.4, 0.5) is 5.69 Å². The maximum Gasteiger partial charge on any atom is 0.0396 e. The normalized spacial score (nSPS) is 10.1. The largest absolute Gasteiger partial charge is 0.370 e. The fourth-order valence-electron chi connectivity index (χ4n) is 1.79. The van der Waals surface area contributed by atoms with Gasteiger partial charge in [0.15, 0.2) is 0 Å². The summed E-state index contributed by atoms with van der Waals surface area (Å²) in [5, 5.41) is 3.33. The Labute approximate surface area is 99.0 Å². The Kier molecular flexibility index (Phi) is 5.65. The van der Waals surface area contributed by atoms with Crippen LogP contribution in [0.2, 0.25) is 0 Å². The fourth-order valence-corrected chi connectivity index (χ4v) is 1.79. The van der Waals surface area contributed by atoms with E-state index < -0.39 is 0 Å². The Morgan fingerprint density at radius 3 is 2.75 bits per heavy atom. The maximum absolute atomic E-state index is 3.69. The summed E-state index contributed by atoms with van der Waals surface area (Å²) in [7, 11) is 0. The van der Waals surface area contributed by atoms with E-state index in [4.69, 9.17) is 0 Å². The Hall–Kier alpha value is -1.28. The first kappa shape index (κ1) is 12.8. The van der Waals surface area contributed by atoms with Crippen molar-refractivity contribution in [1.82, 2.24) is 5.32 Å². The van der Waals surface area contributed by atoms with Crippen LogP contribution >= 0.6 is 0 Å². The van der Waals surface area contributed by atoms with Gasteiger partial charge in [0.1, 0.15) is 0 Å². The Balaban J connectivity index is 2.54. The van der Waals surface area contributed by atoms with Gasteiger partial charge in [-0.25, -0.2) is 0 Å². The summed E-state index contributed by atoms with van der Waals surface area (Å²) in [6.45, 7) is 12.0. The van der Waals surface area contributed by atoms with Gasteiger partial charge < -0.3 is 10.2 Å². The number of rotatable bonds is 7. The van der Waals surface area contributed by atoms with Crippen molar-refractivity contribution in [2.24, 2.45) is 0 Å². The summed E-state index contributed by atoms with van der Waals surface area (Å²) in [5.41, 5.74) is 2.68. The van der Waals surface area contributed by atoms with Crippen LogP contribution in [-0.2, 0) is 0 Å². The van der Waals surface area contributed by atoms with Gasteiger partial charge in [0.25, 0.3) is 0 Å². The summed E-state index contributed by atoms with van der Waals surface area (Å²) in [5.74, 6) is 0. The third kappa shape index (κ3) is 3.70. The summed E-state index contributed by atoms with van der Waals surface area (Å²) in [6, 6.07) is 8.53. The van der Waals surface area contributed by atoms with E-state index in [2.05, 4.69) is 54.9 Å². The van der Waals surface area contributed by atoms with E-state index in [1.807, 2.05) is 6.08 Å². The highest BCUT2D eigenvalue weighted by Crippen LogP contribution is 2.18. The van der Waals surface area contributed by atoms with E-state index in [9.17, 15) is 0 Å². The molecule has 2 heteroatoms. The Morgan fingerprint density at radius 1 is 1.38 bits per heavy atom. The SMILES string of the molecule is C=CCNCCN(CC)c1ccccc1C. The first-order valence-corrected chi connectivity index (χ1v) is 5.91. The first-order valence-electron chi connectivity index (χ1n) is 5.91. The van der Waals surface area contributed by atoms with Gasteiger partial charge in [-0.2, -0.15) is 0 Å². The number of benzene rings is 1. The van der Waals surface area contributed by atoms with Crippen molar-refractivity contribution in [3.05, 3.63) is 42.5 Å². The molecule has 0 saturated heterocycles. The molecule has 0 spiro atoms. The highest BCUT2D eigenvalue weighted by Gasteiger charge is 2.05.